The molecule has 7 nitrogen and oxygen atoms in total. The number of likely N-dealkylation sites (tertiary alicyclic amines) is 1. The molecule has 1 aromatic rings. The number of piperidine rings is 1. The highest BCUT2D eigenvalue weighted by atomic mass is 16.5. The number of aromatic nitrogens is 2. The minimum Gasteiger partial charge on any atom is -0.463 e. The Morgan fingerprint density at radius 2 is 2.16 bits per heavy atom. The number of nitrogen functional groups attached to an aromatic ring is 1. The lowest BCUT2D eigenvalue weighted by Gasteiger charge is -2.33. The lowest BCUT2D eigenvalue weighted by molar-refractivity contribution is -0.117. The number of hydrogen-bond acceptors (Lipinski definition) is 6. The van der Waals surface area contributed by atoms with Crippen LogP contribution in [0.4, 0.5) is 11.6 Å². The van der Waals surface area contributed by atoms with Crippen molar-refractivity contribution in [3.05, 3.63) is 5.56 Å². The van der Waals surface area contributed by atoms with E-state index in [0.717, 1.165) is 44.5 Å². The number of nitrogens with two attached hydrogens (primary N) is 1. The normalized spacial score (nSPS) is 20.8. The largest absolute Gasteiger partial charge is 0.463 e. The van der Waals surface area contributed by atoms with E-state index in [1.54, 1.807) is 4.90 Å². The van der Waals surface area contributed by atoms with E-state index in [0.29, 0.717) is 37.1 Å². The second kappa shape index (κ2) is 7.99. The van der Waals surface area contributed by atoms with Crippen LogP contribution < -0.4 is 15.4 Å². The van der Waals surface area contributed by atoms with Gasteiger partial charge in [0.15, 0.2) is 0 Å². The predicted octanol–water partition coefficient (Wildman–Crippen LogP) is 1.86. The van der Waals surface area contributed by atoms with Crippen molar-refractivity contribution in [3.63, 3.8) is 0 Å². The van der Waals surface area contributed by atoms with Gasteiger partial charge in [-0.05, 0) is 38.3 Å². The maximum absolute atomic E-state index is 12.5. The van der Waals surface area contributed by atoms with E-state index in [1.165, 1.54) is 6.42 Å². The van der Waals surface area contributed by atoms with Crippen LogP contribution in [0.25, 0.3) is 0 Å². The molecule has 2 N–H and O–H groups in total. The molecule has 0 bridgehead atoms. The number of anilines is 2. The first-order valence-corrected chi connectivity index (χ1v) is 9.44. The third-order valence-electron chi connectivity index (χ3n) is 5.10. The number of amides is 1. The number of nitrogens with zero attached hydrogens (tertiary/aromatic N) is 4. The molecule has 2 aliphatic heterocycles. The first-order chi connectivity index (χ1) is 12.1. The van der Waals surface area contributed by atoms with Gasteiger partial charge in [0.25, 0.3) is 0 Å². The molecule has 7 heteroatoms. The van der Waals surface area contributed by atoms with E-state index in [1.807, 2.05) is 0 Å². The molecule has 1 fully saturated rings. The fourth-order valence-corrected chi connectivity index (χ4v) is 3.63. The number of unbranched alkanes of at least 4 members (excludes halogenated alkanes) is 1. The van der Waals surface area contributed by atoms with Gasteiger partial charge in [-0.15, -0.1) is 0 Å². The van der Waals surface area contributed by atoms with Crippen molar-refractivity contribution >= 4 is 17.5 Å². The second-order valence-electron chi connectivity index (χ2n) is 6.98. The van der Waals surface area contributed by atoms with Crippen molar-refractivity contribution < 1.29 is 9.53 Å². The standard InChI is InChI=1S/C18H29N5O2/c1-3-5-9-25-18-20-16(19)14-10-15(24)23(17(14)21-18)12-13-7-6-8-22(4-2)11-13/h13H,3-12H2,1-2H3,(H2,19,20,21). The highest BCUT2D eigenvalue weighted by molar-refractivity contribution is 6.01. The lowest BCUT2D eigenvalue weighted by Crippen LogP contribution is -2.42. The number of carbonyl (C=O) groups is 1. The summed E-state index contributed by atoms with van der Waals surface area (Å²) in [7, 11) is 0. The number of carbonyl (C=O) groups excluding carboxylic acids is 1. The zero-order chi connectivity index (χ0) is 17.8. The quantitative estimate of drug-likeness (QED) is 0.758. The second-order valence-corrected chi connectivity index (χ2v) is 6.98. The van der Waals surface area contributed by atoms with E-state index in [2.05, 4.69) is 28.7 Å². The maximum atomic E-state index is 12.5. The molecule has 2 aliphatic rings. The van der Waals surface area contributed by atoms with Crippen molar-refractivity contribution in [2.75, 3.05) is 43.4 Å². The van der Waals surface area contributed by atoms with Gasteiger partial charge in [0, 0.05) is 18.7 Å². The average Bonchev–Trinajstić information content (AvgIpc) is 2.92. The summed E-state index contributed by atoms with van der Waals surface area (Å²) >= 11 is 0. The van der Waals surface area contributed by atoms with Gasteiger partial charge in [0.2, 0.25) is 5.91 Å². The summed E-state index contributed by atoms with van der Waals surface area (Å²) in [4.78, 5) is 25.5. The number of ether oxygens (including phenoxy) is 1. The van der Waals surface area contributed by atoms with Crippen LogP contribution in [0.3, 0.4) is 0 Å². The Kier molecular flexibility index (Phi) is 5.73. The van der Waals surface area contributed by atoms with Crippen LogP contribution in [0.15, 0.2) is 0 Å². The van der Waals surface area contributed by atoms with Crippen LogP contribution in [-0.2, 0) is 11.2 Å². The molecule has 3 rings (SSSR count). The first kappa shape index (κ1) is 17.9. The maximum Gasteiger partial charge on any atom is 0.320 e. The molecule has 25 heavy (non-hydrogen) atoms. The molecule has 0 aromatic carbocycles. The SMILES string of the molecule is CCCCOc1nc(N)c2c(n1)N(CC1CCCN(CC)C1)C(=O)C2. The van der Waals surface area contributed by atoms with Crippen LogP contribution in [0.1, 0.15) is 45.1 Å². The van der Waals surface area contributed by atoms with Gasteiger partial charge in [-0.1, -0.05) is 20.3 Å². The zero-order valence-corrected chi connectivity index (χ0v) is 15.3. The van der Waals surface area contributed by atoms with E-state index in [4.69, 9.17) is 10.5 Å². The van der Waals surface area contributed by atoms with E-state index in [-0.39, 0.29) is 11.9 Å². The fraction of sp³-hybridized carbons (Fsp3) is 0.722. The molecule has 0 spiro atoms. The number of fused-ring (bicyclic) bond motifs is 1. The lowest BCUT2D eigenvalue weighted by atomic mass is 9.97. The molecule has 0 aliphatic carbocycles. The molecule has 138 valence electrons. The van der Waals surface area contributed by atoms with Gasteiger partial charge in [-0.25, -0.2) is 0 Å². The summed E-state index contributed by atoms with van der Waals surface area (Å²) in [6.07, 6.45) is 4.61. The van der Waals surface area contributed by atoms with Crippen LogP contribution in [0.5, 0.6) is 6.01 Å². The van der Waals surface area contributed by atoms with Crippen molar-refractivity contribution in [1.82, 2.24) is 14.9 Å². The van der Waals surface area contributed by atoms with Crippen molar-refractivity contribution in [2.24, 2.45) is 5.92 Å². The Hall–Kier alpha value is -1.89. The zero-order valence-electron chi connectivity index (χ0n) is 15.3. The third kappa shape index (κ3) is 4.03. The Morgan fingerprint density at radius 1 is 1.32 bits per heavy atom. The van der Waals surface area contributed by atoms with Gasteiger partial charge in [-0.2, -0.15) is 9.97 Å². The summed E-state index contributed by atoms with van der Waals surface area (Å²) in [6.45, 7) is 8.81. The highest BCUT2D eigenvalue weighted by Gasteiger charge is 2.34. The molecule has 3 heterocycles. The van der Waals surface area contributed by atoms with E-state index in [9.17, 15) is 4.79 Å². The van der Waals surface area contributed by atoms with Crippen LogP contribution in [-0.4, -0.2) is 53.6 Å². The molecule has 0 saturated carbocycles. The summed E-state index contributed by atoms with van der Waals surface area (Å²) in [5.41, 5.74) is 6.81. The average molecular weight is 347 g/mol. The Labute approximate surface area is 149 Å². The van der Waals surface area contributed by atoms with E-state index < -0.39 is 0 Å². The Balaban J connectivity index is 1.75. The number of rotatable bonds is 7. The van der Waals surface area contributed by atoms with Crippen LogP contribution >= 0.6 is 0 Å². The molecular weight excluding hydrogens is 318 g/mol. The van der Waals surface area contributed by atoms with Gasteiger partial charge < -0.3 is 15.4 Å². The molecule has 1 atom stereocenters. The Morgan fingerprint density at radius 3 is 2.92 bits per heavy atom. The van der Waals surface area contributed by atoms with Gasteiger partial charge in [-0.3, -0.25) is 9.69 Å². The summed E-state index contributed by atoms with van der Waals surface area (Å²) in [5, 5.41) is 0. The minimum atomic E-state index is 0.0651. The summed E-state index contributed by atoms with van der Waals surface area (Å²) < 4.78 is 5.61. The smallest absolute Gasteiger partial charge is 0.320 e. The molecule has 1 saturated heterocycles. The van der Waals surface area contributed by atoms with Crippen LogP contribution in [0, 0.1) is 5.92 Å². The van der Waals surface area contributed by atoms with Crippen molar-refractivity contribution in [3.8, 4) is 6.01 Å². The monoisotopic (exact) mass is 347 g/mol. The Bertz CT molecular complexity index is 622. The van der Waals surface area contributed by atoms with Gasteiger partial charge in [0.05, 0.1) is 13.0 Å². The predicted molar refractivity (Wildman–Crippen MR) is 97.7 cm³/mol. The summed E-state index contributed by atoms with van der Waals surface area (Å²) in [6, 6.07) is 0.281. The van der Waals surface area contributed by atoms with Gasteiger partial charge in [0.1, 0.15) is 11.6 Å². The minimum absolute atomic E-state index is 0.0651. The first-order valence-electron chi connectivity index (χ1n) is 9.44. The molecule has 1 unspecified atom stereocenters. The third-order valence-corrected chi connectivity index (χ3v) is 5.10. The van der Waals surface area contributed by atoms with Crippen LogP contribution in [0.2, 0.25) is 0 Å². The number of hydrogen-bond donors (Lipinski definition) is 1. The topological polar surface area (TPSA) is 84.6 Å². The summed E-state index contributed by atoms with van der Waals surface area (Å²) in [5.74, 6) is 1.56. The molecular formula is C18H29N5O2. The fourth-order valence-electron chi connectivity index (χ4n) is 3.63. The molecule has 0 radical (unpaired) electrons. The van der Waals surface area contributed by atoms with E-state index >= 15 is 0 Å². The molecule has 1 aromatic heterocycles. The van der Waals surface area contributed by atoms with Gasteiger partial charge >= 0.3 is 6.01 Å². The van der Waals surface area contributed by atoms with Crippen molar-refractivity contribution in [1.29, 1.82) is 0 Å². The highest BCUT2D eigenvalue weighted by Crippen LogP contribution is 2.33. The van der Waals surface area contributed by atoms with Crippen molar-refractivity contribution in [2.45, 2.75) is 46.0 Å². The molecule has 1 amide bonds.